The molecule has 102 valence electrons. The molecule has 0 saturated heterocycles. The summed E-state index contributed by atoms with van der Waals surface area (Å²) in [5.74, 6) is -1.24. The van der Waals surface area contributed by atoms with Gasteiger partial charge in [0.25, 0.3) is 6.43 Å². The van der Waals surface area contributed by atoms with Crippen molar-refractivity contribution in [3.63, 3.8) is 0 Å². The highest BCUT2D eigenvalue weighted by atomic mass is 19.3. The maximum atomic E-state index is 14.0. The number of nitrogens with zero attached hydrogens (tertiary/aromatic N) is 3. The Morgan fingerprint density at radius 3 is 2.68 bits per heavy atom. The number of halogens is 3. The Hall–Kier alpha value is -2.09. The van der Waals surface area contributed by atoms with Crippen molar-refractivity contribution in [3.8, 4) is 11.4 Å². The van der Waals surface area contributed by atoms with Crippen LogP contribution in [-0.4, -0.2) is 21.9 Å². The van der Waals surface area contributed by atoms with Gasteiger partial charge in [0.1, 0.15) is 6.33 Å². The fraction of sp³-hybridized carbons (Fsp3) is 0.273. The summed E-state index contributed by atoms with van der Waals surface area (Å²) in [6.07, 6.45) is -1.70. The lowest BCUT2D eigenvalue weighted by atomic mass is 10.1. The van der Waals surface area contributed by atoms with Crippen LogP contribution in [0, 0.1) is 5.82 Å². The van der Waals surface area contributed by atoms with Gasteiger partial charge in [-0.05, 0) is 12.1 Å². The first kappa shape index (κ1) is 13.3. The lowest BCUT2D eigenvalue weighted by Gasteiger charge is -2.11. The topological polar surface area (TPSA) is 66.0 Å². The van der Waals surface area contributed by atoms with E-state index in [2.05, 4.69) is 10.1 Å². The fourth-order valence-electron chi connectivity index (χ4n) is 1.65. The van der Waals surface area contributed by atoms with Gasteiger partial charge in [0, 0.05) is 12.1 Å². The number of rotatable bonds is 4. The van der Waals surface area contributed by atoms with Crippen LogP contribution in [0.2, 0.25) is 0 Å². The van der Waals surface area contributed by atoms with Crippen molar-refractivity contribution in [2.45, 2.75) is 13.0 Å². The molecule has 5 nitrogen and oxygen atoms in total. The molecule has 0 bridgehead atoms. The second-order valence-corrected chi connectivity index (χ2v) is 3.63. The summed E-state index contributed by atoms with van der Waals surface area (Å²) in [6, 6.07) is 2.85. The minimum Gasteiger partial charge on any atom is -0.494 e. The number of ether oxygens (including phenoxy) is 1. The zero-order valence-electron chi connectivity index (χ0n) is 9.98. The molecule has 0 saturated carbocycles. The molecule has 2 N–H and O–H groups in total. The molecule has 0 unspecified atom stereocenters. The van der Waals surface area contributed by atoms with Gasteiger partial charge in [-0.25, -0.2) is 22.8 Å². The first-order valence-corrected chi connectivity index (χ1v) is 5.34. The van der Waals surface area contributed by atoms with Crippen LogP contribution in [0.4, 0.5) is 13.2 Å². The summed E-state index contributed by atoms with van der Waals surface area (Å²) >= 11 is 0. The van der Waals surface area contributed by atoms with Crippen molar-refractivity contribution in [2.75, 3.05) is 7.11 Å². The van der Waals surface area contributed by atoms with Crippen molar-refractivity contribution in [1.82, 2.24) is 14.8 Å². The maximum Gasteiger partial charge on any atom is 0.299 e. The van der Waals surface area contributed by atoms with Gasteiger partial charge in [-0.1, -0.05) is 0 Å². The van der Waals surface area contributed by atoms with Gasteiger partial charge >= 0.3 is 0 Å². The number of alkyl halides is 2. The molecule has 1 aromatic carbocycles. The third kappa shape index (κ3) is 2.39. The van der Waals surface area contributed by atoms with E-state index in [4.69, 9.17) is 10.5 Å². The predicted molar refractivity (Wildman–Crippen MR) is 60.7 cm³/mol. The van der Waals surface area contributed by atoms with E-state index < -0.39 is 18.1 Å². The second-order valence-electron chi connectivity index (χ2n) is 3.63. The monoisotopic (exact) mass is 272 g/mol. The molecule has 19 heavy (non-hydrogen) atoms. The standard InChI is InChI=1S/C11H11F3N4O/c1-19-8-3-2-7(6(4-15)9(8)12)18-5-16-11(17-18)10(13)14/h2-3,5,10H,4,15H2,1H3. The highest BCUT2D eigenvalue weighted by Gasteiger charge is 2.17. The van der Waals surface area contributed by atoms with E-state index in [9.17, 15) is 13.2 Å². The molecule has 8 heteroatoms. The average molecular weight is 272 g/mol. The summed E-state index contributed by atoms with van der Waals surface area (Å²) in [6.45, 7) is -0.123. The minimum absolute atomic E-state index is 0.0263. The molecule has 2 rings (SSSR count). The van der Waals surface area contributed by atoms with Crippen LogP contribution in [0.3, 0.4) is 0 Å². The van der Waals surface area contributed by atoms with Gasteiger partial charge in [0.2, 0.25) is 5.82 Å². The van der Waals surface area contributed by atoms with Gasteiger partial charge in [0.15, 0.2) is 11.6 Å². The number of methoxy groups -OCH3 is 1. The smallest absolute Gasteiger partial charge is 0.299 e. The number of hydrogen-bond donors (Lipinski definition) is 1. The fourth-order valence-corrected chi connectivity index (χ4v) is 1.65. The second kappa shape index (κ2) is 5.27. The van der Waals surface area contributed by atoms with Gasteiger partial charge in [-0.3, -0.25) is 0 Å². The normalized spacial score (nSPS) is 11.1. The van der Waals surface area contributed by atoms with E-state index in [1.807, 2.05) is 0 Å². The van der Waals surface area contributed by atoms with Crippen LogP contribution in [0.15, 0.2) is 18.5 Å². The van der Waals surface area contributed by atoms with Crippen LogP contribution in [0.25, 0.3) is 5.69 Å². The summed E-state index contributed by atoms with van der Waals surface area (Å²) in [5, 5.41) is 3.58. The molecule has 0 radical (unpaired) electrons. The summed E-state index contributed by atoms with van der Waals surface area (Å²) in [7, 11) is 1.32. The van der Waals surface area contributed by atoms with Crippen LogP contribution < -0.4 is 10.5 Å². The van der Waals surface area contributed by atoms with E-state index in [1.54, 1.807) is 0 Å². The van der Waals surface area contributed by atoms with Crippen molar-refractivity contribution >= 4 is 0 Å². The SMILES string of the molecule is COc1ccc(-n2cnc(C(F)F)n2)c(CN)c1F. The lowest BCUT2D eigenvalue weighted by Crippen LogP contribution is -2.09. The molecular weight excluding hydrogens is 261 g/mol. The third-order valence-electron chi connectivity index (χ3n) is 2.56. The largest absolute Gasteiger partial charge is 0.494 e. The molecule has 0 aliphatic carbocycles. The molecule has 0 amide bonds. The van der Waals surface area contributed by atoms with Gasteiger partial charge in [-0.2, -0.15) is 0 Å². The Morgan fingerprint density at radius 1 is 1.42 bits per heavy atom. The van der Waals surface area contributed by atoms with Gasteiger partial charge < -0.3 is 10.5 Å². The van der Waals surface area contributed by atoms with Crippen molar-refractivity contribution in [1.29, 1.82) is 0 Å². The molecule has 0 fully saturated rings. The van der Waals surface area contributed by atoms with E-state index in [1.165, 1.54) is 19.2 Å². The van der Waals surface area contributed by atoms with E-state index in [0.29, 0.717) is 0 Å². The minimum atomic E-state index is -2.79. The Morgan fingerprint density at radius 2 is 2.16 bits per heavy atom. The highest BCUT2D eigenvalue weighted by Crippen LogP contribution is 2.26. The van der Waals surface area contributed by atoms with Crippen molar-refractivity contribution < 1.29 is 17.9 Å². The number of nitrogens with two attached hydrogens (primary N) is 1. The zero-order chi connectivity index (χ0) is 14.0. The Bertz CT molecular complexity index is 585. The summed E-state index contributed by atoms with van der Waals surface area (Å²) < 4.78 is 44.7. The Balaban J connectivity index is 2.52. The molecule has 1 heterocycles. The molecule has 0 atom stereocenters. The van der Waals surface area contributed by atoms with Gasteiger partial charge in [0.05, 0.1) is 12.8 Å². The molecule has 1 aromatic heterocycles. The van der Waals surface area contributed by atoms with Gasteiger partial charge in [-0.15, -0.1) is 5.10 Å². The number of aromatic nitrogens is 3. The van der Waals surface area contributed by atoms with Crippen LogP contribution >= 0.6 is 0 Å². The Labute approximate surface area is 106 Å². The first-order valence-electron chi connectivity index (χ1n) is 5.34. The molecule has 0 spiro atoms. The predicted octanol–water partition coefficient (Wildman–Crippen LogP) is 1.81. The highest BCUT2D eigenvalue weighted by molar-refractivity contribution is 5.46. The van der Waals surface area contributed by atoms with E-state index in [-0.39, 0.29) is 23.5 Å². The van der Waals surface area contributed by atoms with E-state index >= 15 is 0 Å². The van der Waals surface area contributed by atoms with Crippen molar-refractivity contribution in [3.05, 3.63) is 35.7 Å². The van der Waals surface area contributed by atoms with E-state index in [0.717, 1.165) is 11.0 Å². The number of hydrogen-bond acceptors (Lipinski definition) is 4. The molecule has 0 aliphatic rings. The summed E-state index contributed by atoms with van der Waals surface area (Å²) in [4.78, 5) is 3.45. The molecule has 2 aromatic rings. The van der Waals surface area contributed by atoms with Crippen LogP contribution in [0.1, 0.15) is 17.8 Å². The number of benzene rings is 1. The summed E-state index contributed by atoms with van der Waals surface area (Å²) in [5.41, 5.74) is 5.84. The third-order valence-corrected chi connectivity index (χ3v) is 2.56. The zero-order valence-corrected chi connectivity index (χ0v) is 9.98. The van der Waals surface area contributed by atoms with Crippen molar-refractivity contribution in [2.24, 2.45) is 5.73 Å². The Kier molecular flexibility index (Phi) is 3.70. The van der Waals surface area contributed by atoms with Crippen LogP contribution in [0.5, 0.6) is 5.75 Å². The first-order chi connectivity index (χ1) is 9.08. The van der Waals surface area contributed by atoms with Crippen LogP contribution in [-0.2, 0) is 6.54 Å². The average Bonchev–Trinajstić information content (AvgIpc) is 2.87. The molecular formula is C11H11F3N4O. The maximum absolute atomic E-state index is 14.0. The lowest BCUT2D eigenvalue weighted by molar-refractivity contribution is 0.140. The molecule has 0 aliphatic heterocycles. The quantitative estimate of drug-likeness (QED) is 0.921.